The first-order valence-electron chi connectivity index (χ1n) is 8.21. The Morgan fingerprint density at radius 1 is 1.26 bits per heavy atom. The van der Waals surface area contributed by atoms with Gasteiger partial charge in [0.15, 0.2) is 0 Å². The van der Waals surface area contributed by atoms with Crippen molar-refractivity contribution in [2.24, 2.45) is 0 Å². The molecule has 1 fully saturated rings. The van der Waals surface area contributed by atoms with Gasteiger partial charge in [-0.05, 0) is 13.1 Å². The minimum Gasteiger partial charge on any atom is -0.384 e. The highest BCUT2D eigenvalue weighted by atomic mass is 35.5. The number of pyridine rings is 1. The summed E-state index contributed by atoms with van der Waals surface area (Å²) in [6, 6.07) is 2.96. The van der Waals surface area contributed by atoms with E-state index in [1.165, 1.54) is 23.0 Å². The lowest BCUT2D eigenvalue weighted by Gasteiger charge is -2.39. The average Bonchev–Trinajstić information content (AvgIpc) is 2.88. The van der Waals surface area contributed by atoms with Gasteiger partial charge in [0, 0.05) is 32.0 Å². The highest BCUT2D eigenvalue weighted by Crippen LogP contribution is 2.35. The zero-order chi connectivity index (χ0) is 18.5. The van der Waals surface area contributed by atoms with Crippen LogP contribution in [0.4, 0.5) is 17.3 Å². The van der Waals surface area contributed by atoms with Crippen molar-refractivity contribution in [1.82, 2.24) is 24.8 Å². The normalized spacial score (nSPS) is 17.9. The van der Waals surface area contributed by atoms with Gasteiger partial charge in [-0.15, -0.1) is 12.4 Å². The van der Waals surface area contributed by atoms with Crippen molar-refractivity contribution in [3.63, 3.8) is 0 Å². The van der Waals surface area contributed by atoms with Crippen LogP contribution in [0.5, 0.6) is 0 Å². The van der Waals surface area contributed by atoms with Crippen molar-refractivity contribution in [3.8, 4) is 0 Å². The van der Waals surface area contributed by atoms with Crippen molar-refractivity contribution >= 4 is 47.2 Å². The molecule has 11 heteroatoms. The van der Waals surface area contributed by atoms with Crippen LogP contribution in [0.1, 0.15) is 23.3 Å². The molecule has 2 aromatic heterocycles. The van der Waals surface area contributed by atoms with Crippen molar-refractivity contribution < 1.29 is 4.79 Å². The number of halogens is 2. The van der Waals surface area contributed by atoms with Crippen LogP contribution in [0.2, 0.25) is 5.02 Å². The number of nitrogens with two attached hydrogens (primary N) is 1. The van der Waals surface area contributed by atoms with Gasteiger partial charge in [0.25, 0.3) is 11.5 Å². The second kappa shape index (κ2) is 6.99. The van der Waals surface area contributed by atoms with Crippen LogP contribution in [0.25, 0.3) is 0 Å². The number of anilines is 3. The van der Waals surface area contributed by atoms with Gasteiger partial charge in [-0.25, -0.2) is 9.97 Å². The predicted octanol–water partition coefficient (Wildman–Crippen LogP) is 1.16. The third-order valence-corrected chi connectivity index (χ3v) is 5.20. The van der Waals surface area contributed by atoms with Gasteiger partial charge < -0.3 is 21.3 Å². The van der Waals surface area contributed by atoms with E-state index in [-0.39, 0.29) is 46.1 Å². The molecule has 1 amide bonds. The SMILES string of the molecule is CN1CCC2(CC1)NC(=O)c1c(Cl)cc(Nc3cc(N)ncn3)c(=O)n12.Cl. The maximum Gasteiger partial charge on any atom is 0.276 e. The van der Waals surface area contributed by atoms with E-state index in [1.54, 1.807) is 0 Å². The van der Waals surface area contributed by atoms with Crippen molar-refractivity contribution in [1.29, 1.82) is 0 Å². The Hall–Kier alpha value is -2.36. The molecule has 0 atom stereocenters. The number of nitrogens with zero attached hydrogens (tertiary/aromatic N) is 4. The zero-order valence-corrected chi connectivity index (χ0v) is 16.1. The summed E-state index contributed by atoms with van der Waals surface area (Å²) in [4.78, 5) is 35.7. The highest BCUT2D eigenvalue weighted by Gasteiger charge is 2.46. The number of likely N-dealkylation sites (tertiary alicyclic amines) is 1. The average molecular weight is 412 g/mol. The molecule has 2 aliphatic rings. The van der Waals surface area contributed by atoms with Gasteiger partial charge in [0.1, 0.15) is 35.0 Å². The lowest BCUT2D eigenvalue weighted by Crippen LogP contribution is -2.53. The molecule has 144 valence electrons. The molecule has 1 spiro atoms. The first-order chi connectivity index (χ1) is 12.4. The fourth-order valence-electron chi connectivity index (χ4n) is 3.54. The Balaban J connectivity index is 0.00000210. The van der Waals surface area contributed by atoms with Crippen LogP contribution in [-0.2, 0) is 5.66 Å². The third kappa shape index (κ3) is 3.22. The number of aromatic nitrogens is 3. The van der Waals surface area contributed by atoms with Crippen LogP contribution in [-0.4, -0.2) is 45.5 Å². The number of nitrogen functional groups attached to an aromatic ring is 1. The number of nitrogens with one attached hydrogen (secondary N) is 2. The summed E-state index contributed by atoms with van der Waals surface area (Å²) in [5.41, 5.74) is 5.01. The summed E-state index contributed by atoms with van der Waals surface area (Å²) in [5.74, 6) is 0.328. The molecule has 0 saturated carbocycles. The first kappa shape index (κ1) is 19.4. The summed E-state index contributed by atoms with van der Waals surface area (Å²) in [7, 11) is 2.01. The second-order valence-corrected chi connectivity index (χ2v) is 7.04. The number of amides is 1. The summed E-state index contributed by atoms with van der Waals surface area (Å²) >= 11 is 6.34. The maximum atomic E-state index is 13.2. The highest BCUT2D eigenvalue weighted by molar-refractivity contribution is 6.34. The predicted molar refractivity (Wildman–Crippen MR) is 105 cm³/mol. The molecule has 1 saturated heterocycles. The van der Waals surface area contributed by atoms with E-state index in [4.69, 9.17) is 17.3 Å². The Morgan fingerprint density at radius 2 is 1.96 bits per heavy atom. The summed E-state index contributed by atoms with van der Waals surface area (Å²) in [6.45, 7) is 1.54. The van der Waals surface area contributed by atoms with Crippen LogP contribution >= 0.6 is 24.0 Å². The van der Waals surface area contributed by atoms with Gasteiger partial charge in [0.05, 0.1) is 5.02 Å². The number of carbonyl (C=O) groups excluding carboxylic acids is 1. The molecular formula is C16H19Cl2N7O2. The van der Waals surface area contributed by atoms with E-state index in [9.17, 15) is 9.59 Å². The minimum absolute atomic E-state index is 0. The zero-order valence-electron chi connectivity index (χ0n) is 14.5. The van der Waals surface area contributed by atoms with Crippen molar-refractivity contribution in [3.05, 3.63) is 39.5 Å². The van der Waals surface area contributed by atoms with Crippen molar-refractivity contribution in [2.45, 2.75) is 18.5 Å². The fraction of sp³-hybridized carbons (Fsp3) is 0.375. The number of piperidine rings is 1. The molecule has 0 unspecified atom stereocenters. The largest absolute Gasteiger partial charge is 0.384 e. The van der Waals surface area contributed by atoms with E-state index < -0.39 is 5.66 Å². The lowest BCUT2D eigenvalue weighted by atomic mass is 9.97. The van der Waals surface area contributed by atoms with E-state index in [0.717, 1.165) is 13.1 Å². The molecule has 4 rings (SSSR count). The molecule has 2 aromatic rings. The smallest absolute Gasteiger partial charge is 0.276 e. The number of hydrogen-bond donors (Lipinski definition) is 3. The first-order valence-corrected chi connectivity index (χ1v) is 8.59. The number of rotatable bonds is 2. The van der Waals surface area contributed by atoms with Crippen LogP contribution < -0.4 is 21.9 Å². The van der Waals surface area contributed by atoms with Gasteiger partial charge in [-0.3, -0.25) is 14.2 Å². The van der Waals surface area contributed by atoms with Crippen LogP contribution in [0, 0.1) is 0 Å². The summed E-state index contributed by atoms with van der Waals surface area (Å²) in [5, 5.41) is 6.12. The standard InChI is InChI=1S/C16H18ClN7O2.ClH/c1-23-4-2-16(3-5-23)22-14(25)13-9(17)6-10(15(26)24(13)16)21-12-7-11(18)19-8-20-12;/h6-8H,2-5H2,1H3,(H,22,25)(H3,18,19,20,21);1H. The van der Waals surface area contributed by atoms with Gasteiger partial charge in [-0.1, -0.05) is 11.6 Å². The maximum absolute atomic E-state index is 13.2. The number of hydrogen-bond acceptors (Lipinski definition) is 7. The molecule has 4 heterocycles. The van der Waals surface area contributed by atoms with Gasteiger partial charge >= 0.3 is 0 Å². The third-order valence-electron chi connectivity index (χ3n) is 4.91. The Morgan fingerprint density at radius 3 is 2.63 bits per heavy atom. The summed E-state index contributed by atoms with van der Waals surface area (Å²) < 4.78 is 1.50. The molecule has 9 nitrogen and oxygen atoms in total. The van der Waals surface area contributed by atoms with Crippen LogP contribution in [0.3, 0.4) is 0 Å². The molecule has 0 bridgehead atoms. The Labute approximate surface area is 166 Å². The molecule has 0 aliphatic carbocycles. The molecular weight excluding hydrogens is 393 g/mol. The van der Waals surface area contributed by atoms with Crippen molar-refractivity contribution in [2.75, 3.05) is 31.2 Å². The summed E-state index contributed by atoms with van der Waals surface area (Å²) in [6.07, 6.45) is 2.55. The van der Waals surface area contributed by atoms with Crippen LogP contribution in [0.15, 0.2) is 23.3 Å². The molecule has 4 N–H and O–H groups in total. The number of carbonyl (C=O) groups is 1. The second-order valence-electron chi connectivity index (χ2n) is 6.64. The minimum atomic E-state index is -0.748. The van der Waals surface area contributed by atoms with Gasteiger partial charge in [0.2, 0.25) is 0 Å². The topological polar surface area (TPSA) is 118 Å². The fourth-order valence-corrected chi connectivity index (χ4v) is 3.82. The molecule has 0 aromatic carbocycles. The molecule has 0 radical (unpaired) electrons. The molecule has 27 heavy (non-hydrogen) atoms. The monoisotopic (exact) mass is 411 g/mol. The quantitative estimate of drug-likeness (QED) is 0.678. The molecule has 2 aliphatic heterocycles. The Bertz CT molecular complexity index is 954. The lowest BCUT2D eigenvalue weighted by molar-refractivity contribution is 0.0799. The van der Waals surface area contributed by atoms with E-state index in [2.05, 4.69) is 25.5 Å². The number of fused-ring (bicyclic) bond motifs is 2. The van der Waals surface area contributed by atoms with E-state index >= 15 is 0 Å². The van der Waals surface area contributed by atoms with E-state index in [0.29, 0.717) is 18.7 Å². The van der Waals surface area contributed by atoms with Gasteiger partial charge in [-0.2, -0.15) is 0 Å². The van der Waals surface area contributed by atoms with E-state index in [1.807, 2.05) is 7.05 Å². The Kier molecular flexibility index (Phi) is 5.02.